The lowest BCUT2D eigenvalue weighted by Crippen LogP contribution is -2.30. The Kier molecular flexibility index (Phi) is 3.82. The SMILES string of the molecule is CN(CC=O)C(=O)c1cnccc1C(F)(F)F. The predicted molar refractivity (Wildman–Crippen MR) is 52.3 cm³/mol. The molecule has 0 spiro atoms. The molecular weight excluding hydrogens is 237 g/mol. The number of halogens is 3. The van der Waals surface area contributed by atoms with Gasteiger partial charge in [0.25, 0.3) is 5.91 Å². The Morgan fingerprint density at radius 2 is 2.18 bits per heavy atom. The minimum Gasteiger partial charge on any atom is -0.335 e. The van der Waals surface area contributed by atoms with Gasteiger partial charge in [-0.2, -0.15) is 13.2 Å². The summed E-state index contributed by atoms with van der Waals surface area (Å²) in [6, 6.07) is 0.724. The van der Waals surface area contributed by atoms with E-state index in [4.69, 9.17) is 0 Å². The lowest BCUT2D eigenvalue weighted by molar-refractivity contribution is -0.138. The van der Waals surface area contributed by atoms with Gasteiger partial charge in [0.1, 0.15) is 6.29 Å². The van der Waals surface area contributed by atoms with Crippen molar-refractivity contribution in [2.24, 2.45) is 0 Å². The maximum atomic E-state index is 12.6. The fourth-order valence-electron chi connectivity index (χ4n) is 1.21. The van der Waals surface area contributed by atoms with Crippen molar-refractivity contribution < 1.29 is 22.8 Å². The van der Waals surface area contributed by atoms with E-state index < -0.39 is 23.2 Å². The van der Waals surface area contributed by atoms with Crippen LogP contribution in [0.4, 0.5) is 13.2 Å². The predicted octanol–water partition coefficient (Wildman–Crippen LogP) is 1.37. The first kappa shape index (κ1) is 13.1. The first-order valence-corrected chi connectivity index (χ1v) is 4.58. The molecule has 1 aromatic rings. The standard InChI is InChI=1S/C10H9F3N2O2/c1-15(4-5-16)9(17)7-6-14-3-2-8(7)10(11,12)13/h2-3,5-6H,4H2,1H3. The number of aromatic nitrogens is 1. The minimum absolute atomic E-state index is 0.273. The van der Waals surface area contributed by atoms with Crippen LogP contribution in [0.5, 0.6) is 0 Å². The van der Waals surface area contributed by atoms with Crippen LogP contribution < -0.4 is 0 Å². The molecule has 0 fully saturated rings. The Hall–Kier alpha value is -1.92. The molecule has 0 saturated carbocycles. The number of rotatable bonds is 3. The van der Waals surface area contributed by atoms with E-state index in [0.717, 1.165) is 23.4 Å². The van der Waals surface area contributed by atoms with Crippen molar-refractivity contribution in [2.75, 3.05) is 13.6 Å². The highest BCUT2D eigenvalue weighted by Gasteiger charge is 2.35. The van der Waals surface area contributed by atoms with Gasteiger partial charge in [0.15, 0.2) is 0 Å². The van der Waals surface area contributed by atoms with Gasteiger partial charge in [0, 0.05) is 19.4 Å². The van der Waals surface area contributed by atoms with Crippen LogP contribution in [0, 0.1) is 0 Å². The Bertz CT molecular complexity index is 432. The molecule has 17 heavy (non-hydrogen) atoms. The first-order chi connectivity index (χ1) is 7.88. The van der Waals surface area contributed by atoms with E-state index in [1.165, 1.54) is 7.05 Å². The fraction of sp³-hybridized carbons (Fsp3) is 0.300. The average molecular weight is 246 g/mol. The number of hydrogen-bond acceptors (Lipinski definition) is 3. The molecule has 0 atom stereocenters. The molecule has 92 valence electrons. The number of hydrogen-bond donors (Lipinski definition) is 0. The molecule has 1 heterocycles. The molecule has 4 nitrogen and oxygen atoms in total. The van der Waals surface area contributed by atoms with E-state index in [1.54, 1.807) is 0 Å². The number of aldehydes is 1. The summed E-state index contributed by atoms with van der Waals surface area (Å²) in [5.74, 6) is -0.891. The molecule has 0 aliphatic carbocycles. The lowest BCUT2D eigenvalue weighted by atomic mass is 10.1. The molecule has 0 radical (unpaired) electrons. The van der Waals surface area contributed by atoms with E-state index in [9.17, 15) is 22.8 Å². The highest BCUT2D eigenvalue weighted by Crippen LogP contribution is 2.31. The molecule has 0 unspecified atom stereocenters. The second-order valence-corrected chi connectivity index (χ2v) is 3.27. The van der Waals surface area contributed by atoms with E-state index in [0.29, 0.717) is 6.29 Å². The number of nitrogens with zero attached hydrogens (tertiary/aromatic N) is 2. The van der Waals surface area contributed by atoms with Gasteiger partial charge in [-0.25, -0.2) is 0 Å². The molecule has 7 heteroatoms. The van der Waals surface area contributed by atoms with Crippen molar-refractivity contribution in [2.45, 2.75) is 6.18 Å². The van der Waals surface area contributed by atoms with Crippen molar-refractivity contribution in [1.82, 2.24) is 9.88 Å². The maximum Gasteiger partial charge on any atom is 0.417 e. The monoisotopic (exact) mass is 246 g/mol. The van der Waals surface area contributed by atoms with Crippen LogP contribution in [0.1, 0.15) is 15.9 Å². The zero-order valence-corrected chi connectivity index (χ0v) is 8.86. The Balaban J connectivity index is 3.14. The third-order valence-electron chi connectivity index (χ3n) is 2.05. The van der Waals surface area contributed by atoms with Crippen molar-refractivity contribution in [3.63, 3.8) is 0 Å². The fourth-order valence-corrected chi connectivity index (χ4v) is 1.21. The van der Waals surface area contributed by atoms with Gasteiger partial charge in [-0.1, -0.05) is 0 Å². The summed E-state index contributed by atoms with van der Waals surface area (Å²) in [6.07, 6.45) is -2.40. The van der Waals surface area contributed by atoms with Gasteiger partial charge >= 0.3 is 6.18 Å². The summed E-state index contributed by atoms with van der Waals surface area (Å²) < 4.78 is 37.8. The summed E-state index contributed by atoms with van der Waals surface area (Å²) in [6.45, 7) is -0.273. The summed E-state index contributed by atoms with van der Waals surface area (Å²) in [5, 5.41) is 0. The van der Waals surface area contributed by atoms with Crippen molar-refractivity contribution in [3.8, 4) is 0 Å². The van der Waals surface area contributed by atoms with Crippen LogP contribution in [-0.2, 0) is 11.0 Å². The van der Waals surface area contributed by atoms with Gasteiger partial charge in [0.2, 0.25) is 0 Å². The summed E-state index contributed by atoms with van der Waals surface area (Å²) in [5.41, 5.74) is -1.63. The molecule has 0 aliphatic rings. The van der Waals surface area contributed by atoms with E-state index >= 15 is 0 Å². The summed E-state index contributed by atoms with van der Waals surface area (Å²) in [4.78, 5) is 26.2. The topological polar surface area (TPSA) is 50.3 Å². The second-order valence-electron chi connectivity index (χ2n) is 3.27. The van der Waals surface area contributed by atoms with E-state index in [1.807, 2.05) is 0 Å². The van der Waals surface area contributed by atoms with Crippen molar-refractivity contribution in [3.05, 3.63) is 29.6 Å². The van der Waals surface area contributed by atoms with Crippen molar-refractivity contribution >= 4 is 12.2 Å². The molecular formula is C10H9F3N2O2. The number of pyridine rings is 1. The normalized spacial score (nSPS) is 11.1. The number of alkyl halides is 3. The smallest absolute Gasteiger partial charge is 0.335 e. The number of carbonyl (C=O) groups is 2. The van der Waals surface area contributed by atoms with Gasteiger partial charge in [-0.05, 0) is 6.07 Å². The van der Waals surface area contributed by atoms with Gasteiger partial charge in [-0.15, -0.1) is 0 Å². The quantitative estimate of drug-likeness (QED) is 0.757. The highest BCUT2D eigenvalue weighted by molar-refractivity contribution is 5.96. The molecule has 0 N–H and O–H groups in total. The van der Waals surface area contributed by atoms with Gasteiger partial charge < -0.3 is 9.69 Å². The summed E-state index contributed by atoms with van der Waals surface area (Å²) in [7, 11) is 1.24. The third kappa shape index (κ3) is 3.02. The van der Waals surface area contributed by atoms with Crippen LogP contribution in [0.2, 0.25) is 0 Å². The highest BCUT2D eigenvalue weighted by atomic mass is 19.4. The molecule has 0 aromatic carbocycles. The Labute approximate surface area is 95.1 Å². The lowest BCUT2D eigenvalue weighted by Gasteiger charge is -2.17. The number of carbonyl (C=O) groups excluding carboxylic acids is 2. The van der Waals surface area contributed by atoms with Crippen LogP contribution in [0.15, 0.2) is 18.5 Å². The minimum atomic E-state index is -4.63. The van der Waals surface area contributed by atoms with Gasteiger partial charge in [-0.3, -0.25) is 9.78 Å². The maximum absolute atomic E-state index is 12.6. The Morgan fingerprint density at radius 3 is 2.71 bits per heavy atom. The summed E-state index contributed by atoms with van der Waals surface area (Å²) >= 11 is 0. The molecule has 0 bridgehead atoms. The van der Waals surface area contributed by atoms with Crippen molar-refractivity contribution in [1.29, 1.82) is 0 Å². The molecule has 1 aromatic heterocycles. The molecule has 0 aliphatic heterocycles. The van der Waals surface area contributed by atoms with Gasteiger partial charge in [0.05, 0.1) is 17.7 Å². The molecule has 1 rings (SSSR count). The average Bonchev–Trinajstić information content (AvgIpc) is 2.27. The number of amides is 1. The van der Waals surface area contributed by atoms with Crippen LogP contribution in [-0.4, -0.2) is 35.7 Å². The van der Waals surface area contributed by atoms with Crippen LogP contribution in [0.3, 0.4) is 0 Å². The van der Waals surface area contributed by atoms with Crippen LogP contribution in [0.25, 0.3) is 0 Å². The Morgan fingerprint density at radius 1 is 1.53 bits per heavy atom. The first-order valence-electron chi connectivity index (χ1n) is 4.58. The molecule has 1 amide bonds. The van der Waals surface area contributed by atoms with Crippen LogP contribution >= 0.6 is 0 Å². The van der Waals surface area contributed by atoms with E-state index in [-0.39, 0.29) is 6.54 Å². The number of likely N-dealkylation sites (N-methyl/N-ethyl adjacent to an activating group) is 1. The largest absolute Gasteiger partial charge is 0.417 e. The second kappa shape index (κ2) is 4.94. The third-order valence-corrected chi connectivity index (χ3v) is 2.05. The zero-order chi connectivity index (χ0) is 13.1. The van der Waals surface area contributed by atoms with E-state index in [2.05, 4.69) is 4.98 Å². The zero-order valence-electron chi connectivity index (χ0n) is 8.86. The molecule has 0 saturated heterocycles.